The summed E-state index contributed by atoms with van der Waals surface area (Å²) in [7, 11) is 0. The van der Waals surface area contributed by atoms with Gasteiger partial charge in [-0.05, 0) is 47.9 Å². The first-order valence-corrected chi connectivity index (χ1v) is 6.62. The number of rotatable bonds is 4. The second kappa shape index (κ2) is 6.50. The van der Waals surface area contributed by atoms with Gasteiger partial charge < -0.3 is 0 Å². The molecule has 1 unspecified atom stereocenters. The quantitative estimate of drug-likeness (QED) is 0.660. The Bertz CT molecular complexity index is 620. The van der Waals surface area contributed by atoms with Crippen LogP contribution in [0, 0.1) is 11.6 Å². The van der Waals surface area contributed by atoms with Crippen LogP contribution in [-0.4, -0.2) is 0 Å². The van der Waals surface area contributed by atoms with Crippen LogP contribution < -0.4 is 11.3 Å². The number of nitrogens with one attached hydrogen (secondary N) is 1. The van der Waals surface area contributed by atoms with Crippen molar-refractivity contribution < 1.29 is 8.78 Å². The molecule has 0 aromatic heterocycles. The molecule has 0 aliphatic rings. The van der Waals surface area contributed by atoms with Gasteiger partial charge in [0.2, 0.25) is 0 Å². The maximum atomic E-state index is 13.7. The van der Waals surface area contributed by atoms with Crippen molar-refractivity contribution in [3.63, 3.8) is 0 Å². The molecule has 106 valence electrons. The average molecular weight is 317 g/mol. The fraction of sp³-hybridized carbons (Fsp3) is 0.143. The number of hydrogen-bond acceptors (Lipinski definition) is 2. The highest BCUT2D eigenvalue weighted by atomic mass is 35.5. The van der Waals surface area contributed by atoms with Crippen LogP contribution in [-0.2, 0) is 6.42 Å². The van der Waals surface area contributed by atoms with Gasteiger partial charge in [-0.1, -0.05) is 29.3 Å². The van der Waals surface area contributed by atoms with E-state index < -0.39 is 11.9 Å². The molecule has 0 bridgehead atoms. The lowest BCUT2D eigenvalue weighted by Crippen LogP contribution is -2.29. The van der Waals surface area contributed by atoms with E-state index >= 15 is 0 Å². The number of nitrogens with two attached hydrogens (primary N) is 1. The molecule has 2 nitrogen and oxygen atoms in total. The van der Waals surface area contributed by atoms with Gasteiger partial charge in [0.05, 0.1) is 11.1 Å². The largest absolute Gasteiger partial charge is 0.271 e. The van der Waals surface area contributed by atoms with Crippen molar-refractivity contribution >= 4 is 23.2 Å². The molecule has 3 N–H and O–H groups in total. The fourth-order valence-corrected chi connectivity index (χ4v) is 2.23. The third kappa shape index (κ3) is 3.46. The summed E-state index contributed by atoms with van der Waals surface area (Å²) in [5.74, 6) is 4.54. The van der Waals surface area contributed by atoms with Crippen molar-refractivity contribution in [3.05, 3.63) is 69.2 Å². The molecule has 0 radical (unpaired) electrons. The van der Waals surface area contributed by atoms with E-state index in [1.165, 1.54) is 30.3 Å². The number of hydrazine groups is 1. The molecule has 0 fully saturated rings. The number of halogens is 4. The Morgan fingerprint density at radius 1 is 1.05 bits per heavy atom. The number of hydrogen-bond donors (Lipinski definition) is 2. The van der Waals surface area contributed by atoms with Gasteiger partial charge >= 0.3 is 0 Å². The summed E-state index contributed by atoms with van der Waals surface area (Å²) in [6, 6.07) is 8.17. The van der Waals surface area contributed by atoms with Crippen molar-refractivity contribution in [2.45, 2.75) is 12.5 Å². The molecule has 0 aliphatic carbocycles. The van der Waals surface area contributed by atoms with Crippen molar-refractivity contribution in [1.82, 2.24) is 5.43 Å². The van der Waals surface area contributed by atoms with E-state index in [1.807, 2.05) is 0 Å². The van der Waals surface area contributed by atoms with E-state index in [1.54, 1.807) is 6.07 Å². The highest BCUT2D eigenvalue weighted by Gasteiger charge is 2.15. The minimum atomic E-state index is -0.545. The first kappa shape index (κ1) is 15.2. The van der Waals surface area contributed by atoms with E-state index in [0.717, 1.165) is 0 Å². The van der Waals surface area contributed by atoms with Crippen LogP contribution in [0.2, 0.25) is 10.0 Å². The van der Waals surface area contributed by atoms with Gasteiger partial charge in [0.15, 0.2) is 0 Å². The summed E-state index contributed by atoms with van der Waals surface area (Å²) < 4.78 is 27.2. The SMILES string of the molecule is NNC(Cc1cc(Cl)ccc1F)c1ccc(Cl)c(F)c1. The van der Waals surface area contributed by atoms with Crippen LogP contribution in [0.1, 0.15) is 17.2 Å². The van der Waals surface area contributed by atoms with Crippen molar-refractivity contribution in [1.29, 1.82) is 0 Å². The summed E-state index contributed by atoms with van der Waals surface area (Å²) in [6.07, 6.45) is 0.240. The Hall–Kier alpha value is -1.20. The van der Waals surface area contributed by atoms with Gasteiger partial charge in [0.1, 0.15) is 11.6 Å². The topological polar surface area (TPSA) is 38.0 Å². The van der Waals surface area contributed by atoms with E-state index in [2.05, 4.69) is 5.43 Å². The molecule has 2 aromatic carbocycles. The smallest absolute Gasteiger partial charge is 0.142 e. The Balaban J connectivity index is 2.28. The molecule has 2 aromatic rings. The Morgan fingerprint density at radius 3 is 2.45 bits per heavy atom. The second-order valence-electron chi connectivity index (χ2n) is 4.33. The van der Waals surface area contributed by atoms with Crippen molar-refractivity contribution in [3.8, 4) is 0 Å². The summed E-state index contributed by atoms with van der Waals surface area (Å²) >= 11 is 11.5. The molecule has 0 aliphatic heterocycles. The molecular formula is C14H12Cl2F2N2. The number of benzene rings is 2. The highest BCUT2D eigenvalue weighted by Crippen LogP contribution is 2.25. The molecule has 0 spiro atoms. The van der Waals surface area contributed by atoms with E-state index in [-0.39, 0.29) is 17.3 Å². The normalized spacial score (nSPS) is 12.4. The standard InChI is InChI=1S/C14H12Cl2F2N2/c15-10-2-4-12(17)9(5-10)7-14(20-19)8-1-3-11(16)13(18)6-8/h1-6,14,20H,7,19H2. The van der Waals surface area contributed by atoms with E-state index in [4.69, 9.17) is 29.0 Å². The highest BCUT2D eigenvalue weighted by molar-refractivity contribution is 6.31. The van der Waals surface area contributed by atoms with Crippen LogP contribution in [0.15, 0.2) is 36.4 Å². The average Bonchev–Trinajstić information content (AvgIpc) is 2.43. The Kier molecular flexibility index (Phi) is 4.94. The molecular weight excluding hydrogens is 305 g/mol. The zero-order valence-corrected chi connectivity index (χ0v) is 11.8. The van der Waals surface area contributed by atoms with Crippen LogP contribution in [0.3, 0.4) is 0 Å². The molecule has 20 heavy (non-hydrogen) atoms. The first-order valence-electron chi connectivity index (χ1n) is 5.86. The molecule has 0 amide bonds. The molecule has 6 heteroatoms. The molecule has 2 rings (SSSR count). The molecule has 1 atom stereocenters. The third-order valence-electron chi connectivity index (χ3n) is 2.98. The van der Waals surface area contributed by atoms with Gasteiger partial charge in [0, 0.05) is 5.02 Å². The summed E-state index contributed by atoms with van der Waals surface area (Å²) in [6.45, 7) is 0. The lowest BCUT2D eigenvalue weighted by Gasteiger charge is -2.17. The maximum Gasteiger partial charge on any atom is 0.142 e. The third-order valence-corrected chi connectivity index (χ3v) is 3.52. The Labute approximate surface area is 125 Å². The van der Waals surface area contributed by atoms with Gasteiger partial charge in [0.25, 0.3) is 0 Å². The molecule has 0 saturated carbocycles. The molecule has 0 saturated heterocycles. The van der Waals surface area contributed by atoms with E-state index in [0.29, 0.717) is 16.1 Å². The summed E-state index contributed by atoms with van der Waals surface area (Å²) in [4.78, 5) is 0. The molecule has 0 heterocycles. The predicted octanol–water partition coefficient (Wildman–Crippen LogP) is 4.02. The van der Waals surface area contributed by atoms with Gasteiger partial charge in [-0.2, -0.15) is 0 Å². The lowest BCUT2D eigenvalue weighted by molar-refractivity contribution is 0.525. The van der Waals surface area contributed by atoms with Gasteiger partial charge in [-0.15, -0.1) is 0 Å². The van der Waals surface area contributed by atoms with Crippen LogP contribution >= 0.6 is 23.2 Å². The van der Waals surface area contributed by atoms with Crippen LogP contribution in [0.25, 0.3) is 0 Å². The lowest BCUT2D eigenvalue weighted by atomic mass is 9.99. The first-order chi connectivity index (χ1) is 9.51. The van der Waals surface area contributed by atoms with Crippen LogP contribution in [0.5, 0.6) is 0 Å². The maximum absolute atomic E-state index is 13.7. The van der Waals surface area contributed by atoms with Crippen molar-refractivity contribution in [2.24, 2.45) is 5.84 Å². The zero-order chi connectivity index (χ0) is 14.7. The van der Waals surface area contributed by atoms with E-state index in [9.17, 15) is 8.78 Å². The van der Waals surface area contributed by atoms with Crippen LogP contribution in [0.4, 0.5) is 8.78 Å². The Morgan fingerprint density at radius 2 is 1.80 bits per heavy atom. The van der Waals surface area contributed by atoms with Gasteiger partial charge in [-0.25, -0.2) is 8.78 Å². The van der Waals surface area contributed by atoms with Gasteiger partial charge in [-0.3, -0.25) is 11.3 Å². The minimum absolute atomic E-state index is 0.0263. The predicted molar refractivity (Wildman–Crippen MR) is 76.6 cm³/mol. The fourth-order valence-electron chi connectivity index (χ4n) is 1.92. The second-order valence-corrected chi connectivity index (χ2v) is 5.18. The summed E-state index contributed by atoms with van der Waals surface area (Å²) in [5.41, 5.74) is 3.52. The zero-order valence-electron chi connectivity index (χ0n) is 10.3. The minimum Gasteiger partial charge on any atom is -0.271 e. The monoisotopic (exact) mass is 316 g/mol. The van der Waals surface area contributed by atoms with Crippen molar-refractivity contribution in [2.75, 3.05) is 0 Å². The summed E-state index contributed by atoms with van der Waals surface area (Å²) in [5, 5.41) is 0.456.